The molecule has 1 rings (SSSR count). The van der Waals surface area contributed by atoms with Crippen LogP contribution in [-0.4, -0.2) is 26.8 Å². The molecule has 1 aromatic rings. The first kappa shape index (κ1) is 14.8. The molecule has 0 N–H and O–H groups in total. The van der Waals surface area contributed by atoms with Gasteiger partial charge in [0, 0.05) is 4.47 Å². The zero-order valence-electron chi connectivity index (χ0n) is 10.8. The largest absolute Gasteiger partial charge is 0.493 e. The molecule has 0 fully saturated rings. The molecule has 0 radical (unpaired) electrons. The van der Waals surface area contributed by atoms with Crippen molar-refractivity contribution >= 4 is 21.9 Å². The molecule has 5 heteroatoms. The zero-order chi connectivity index (χ0) is 13.5. The Bertz CT molecular complexity index is 418. The summed E-state index contributed by atoms with van der Waals surface area (Å²) in [4.78, 5) is 11.6. The van der Waals surface area contributed by atoms with Crippen LogP contribution in [-0.2, 0) is 4.74 Å². The van der Waals surface area contributed by atoms with Crippen molar-refractivity contribution in [1.82, 2.24) is 0 Å². The first-order valence-electron chi connectivity index (χ1n) is 5.72. The molecule has 0 spiro atoms. The van der Waals surface area contributed by atoms with Crippen LogP contribution < -0.4 is 9.47 Å². The SMILES string of the molecule is CCCCOc1cc(C(=O)OC)c(Br)cc1OC. The smallest absolute Gasteiger partial charge is 0.339 e. The van der Waals surface area contributed by atoms with Crippen LogP contribution in [0.1, 0.15) is 30.1 Å². The Morgan fingerprint density at radius 3 is 2.56 bits per heavy atom. The molecule has 0 heterocycles. The van der Waals surface area contributed by atoms with Crippen molar-refractivity contribution in [2.75, 3.05) is 20.8 Å². The predicted molar refractivity (Wildman–Crippen MR) is 72.4 cm³/mol. The highest BCUT2D eigenvalue weighted by Gasteiger charge is 2.16. The first-order valence-corrected chi connectivity index (χ1v) is 6.52. The second kappa shape index (κ2) is 7.26. The van der Waals surface area contributed by atoms with Gasteiger partial charge in [0.1, 0.15) is 0 Å². The summed E-state index contributed by atoms with van der Waals surface area (Å²) >= 11 is 3.31. The lowest BCUT2D eigenvalue weighted by atomic mass is 10.2. The van der Waals surface area contributed by atoms with Crippen molar-refractivity contribution < 1.29 is 19.0 Å². The number of ether oxygens (including phenoxy) is 3. The van der Waals surface area contributed by atoms with E-state index in [0.29, 0.717) is 28.1 Å². The van der Waals surface area contributed by atoms with E-state index in [1.807, 2.05) is 0 Å². The highest BCUT2D eigenvalue weighted by molar-refractivity contribution is 9.10. The number of carbonyl (C=O) groups is 1. The van der Waals surface area contributed by atoms with Crippen LogP contribution >= 0.6 is 15.9 Å². The normalized spacial score (nSPS) is 10.0. The van der Waals surface area contributed by atoms with Gasteiger partial charge in [-0.05, 0) is 34.5 Å². The topological polar surface area (TPSA) is 44.8 Å². The monoisotopic (exact) mass is 316 g/mol. The van der Waals surface area contributed by atoms with Crippen molar-refractivity contribution in [3.8, 4) is 11.5 Å². The molecule has 0 aliphatic heterocycles. The van der Waals surface area contributed by atoms with Crippen LogP contribution in [0, 0.1) is 0 Å². The molecule has 0 atom stereocenters. The van der Waals surface area contributed by atoms with Crippen LogP contribution in [0.4, 0.5) is 0 Å². The van der Waals surface area contributed by atoms with Gasteiger partial charge in [-0.15, -0.1) is 0 Å². The highest BCUT2D eigenvalue weighted by atomic mass is 79.9. The van der Waals surface area contributed by atoms with Crippen molar-refractivity contribution in [1.29, 1.82) is 0 Å². The van der Waals surface area contributed by atoms with E-state index in [4.69, 9.17) is 14.2 Å². The molecule has 0 amide bonds. The minimum Gasteiger partial charge on any atom is -0.493 e. The van der Waals surface area contributed by atoms with Gasteiger partial charge in [0.05, 0.1) is 26.4 Å². The Balaban J connectivity index is 3.02. The lowest BCUT2D eigenvalue weighted by molar-refractivity contribution is 0.0599. The molecule has 0 saturated carbocycles. The van der Waals surface area contributed by atoms with E-state index >= 15 is 0 Å². The number of carbonyl (C=O) groups excluding carboxylic acids is 1. The minimum absolute atomic E-state index is 0.412. The molecule has 0 aliphatic rings. The van der Waals surface area contributed by atoms with Gasteiger partial charge in [-0.1, -0.05) is 13.3 Å². The molecule has 0 aliphatic carbocycles. The van der Waals surface area contributed by atoms with Gasteiger partial charge in [0.15, 0.2) is 11.5 Å². The third-order valence-corrected chi connectivity index (χ3v) is 3.07. The number of esters is 1. The number of rotatable bonds is 6. The van der Waals surface area contributed by atoms with E-state index in [-0.39, 0.29) is 0 Å². The molecule has 18 heavy (non-hydrogen) atoms. The van der Waals surface area contributed by atoms with Crippen molar-refractivity contribution in [3.05, 3.63) is 22.2 Å². The van der Waals surface area contributed by atoms with E-state index in [2.05, 4.69) is 22.9 Å². The summed E-state index contributed by atoms with van der Waals surface area (Å²) in [5, 5.41) is 0. The van der Waals surface area contributed by atoms with Crippen LogP contribution in [0.25, 0.3) is 0 Å². The number of benzene rings is 1. The van der Waals surface area contributed by atoms with Crippen molar-refractivity contribution in [3.63, 3.8) is 0 Å². The molecular formula is C13H17BrO4. The zero-order valence-corrected chi connectivity index (χ0v) is 12.4. The average molecular weight is 317 g/mol. The fourth-order valence-corrected chi connectivity index (χ4v) is 1.88. The van der Waals surface area contributed by atoms with Crippen molar-refractivity contribution in [2.24, 2.45) is 0 Å². The second-order valence-corrected chi connectivity index (χ2v) is 4.53. The molecule has 0 bridgehead atoms. The van der Waals surface area contributed by atoms with Crippen LogP contribution in [0.3, 0.4) is 0 Å². The Morgan fingerprint density at radius 2 is 2.00 bits per heavy atom. The van der Waals surface area contributed by atoms with E-state index in [0.717, 1.165) is 12.8 Å². The van der Waals surface area contributed by atoms with Gasteiger partial charge in [-0.25, -0.2) is 4.79 Å². The summed E-state index contributed by atoms with van der Waals surface area (Å²) in [5.41, 5.74) is 0.421. The molecule has 0 aromatic heterocycles. The number of halogens is 1. The lowest BCUT2D eigenvalue weighted by Gasteiger charge is -2.13. The second-order valence-electron chi connectivity index (χ2n) is 3.68. The molecule has 0 unspecified atom stereocenters. The van der Waals surface area contributed by atoms with Crippen LogP contribution in [0.2, 0.25) is 0 Å². The van der Waals surface area contributed by atoms with E-state index < -0.39 is 5.97 Å². The molecule has 100 valence electrons. The third kappa shape index (κ3) is 3.63. The van der Waals surface area contributed by atoms with Gasteiger partial charge in [0.25, 0.3) is 0 Å². The first-order chi connectivity index (χ1) is 8.63. The third-order valence-electron chi connectivity index (χ3n) is 2.41. The maximum Gasteiger partial charge on any atom is 0.339 e. The molecule has 1 aromatic carbocycles. The number of unbranched alkanes of at least 4 members (excludes halogenated alkanes) is 1. The molecule has 4 nitrogen and oxygen atoms in total. The Kier molecular flexibility index (Phi) is 5.98. The lowest BCUT2D eigenvalue weighted by Crippen LogP contribution is -2.05. The summed E-state index contributed by atoms with van der Waals surface area (Å²) in [6.07, 6.45) is 2.00. The summed E-state index contributed by atoms with van der Waals surface area (Å²) in [6, 6.07) is 3.33. The van der Waals surface area contributed by atoms with Gasteiger partial charge in [-0.2, -0.15) is 0 Å². The van der Waals surface area contributed by atoms with E-state index in [1.165, 1.54) is 7.11 Å². The predicted octanol–water partition coefficient (Wildman–Crippen LogP) is 3.42. The summed E-state index contributed by atoms with van der Waals surface area (Å²) in [6.45, 7) is 2.68. The Labute approximate surface area is 115 Å². The van der Waals surface area contributed by atoms with Gasteiger partial charge >= 0.3 is 5.97 Å². The molecular weight excluding hydrogens is 300 g/mol. The summed E-state index contributed by atoms with van der Waals surface area (Å²) in [7, 11) is 2.91. The molecule has 0 saturated heterocycles. The number of hydrogen-bond acceptors (Lipinski definition) is 4. The van der Waals surface area contributed by atoms with Crippen LogP contribution in [0.5, 0.6) is 11.5 Å². The van der Waals surface area contributed by atoms with Crippen molar-refractivity contribution in [2.45, 2.75) is 19.8 Å². The van der Waals surface area contributed by atoms with Gasteiger partial charge in [-0.3, -0.25) is 0 Å². The summed E-state index contributed by atoms with van der Waals surface area (Å²) in [5.74, 6) is 0.727. The van der Waals surface area contributed by atoms with E-state index in [9.17, 15) is 4.79 Å². The fourth-order valence-electron chi connectivity index (χ4n) is 1.40. The van der Waals surface area contributed by atoms with Gasteiger partial charge in [0.2, 0.25) is 0 Å². The highest BCUT2D eigenvalue weighted by Crippen LogP contribution is 2.34. The number of methoxy groups -OCH3 is 2. The maximum atomic E-state index is 11.6. The quantitative estimate of drug-likeness (QED) is 0.596. The van der Waals surface area contributed by atoms with Gasteiger partial charge < -0.3 is 14.2 Å². The Morgan fingerprint density at radius 1 is 1.28 bits per heavy atom. The Hall–Kier alpha value is -1.23. The number of hydrogen-bond donors (Lipinski definition) is 0. The summed E-state index contributed by atoms with van der Waals surface area (Å²) < 4.78 is 16.1. The van der Waals surface area contributed by atoms with Crippen LogP contribution in [0.15, 0.2) is 16.6 Å². The standard InChI is InChI=1S/C13H17BrO4/c1-4-5-6-18-12-7-9(13(15)17-3)10(14)8-11(12)16-2/h7-8H,4-6H2,1-3H3. The average Bonchev–Trinajstić information content (AvgIpc) is 2.39. The van der Waals surface area contributed by atoms with E-state index in [1.54, 1.807) is 19.2 Å². The maximum absolute atomic E-state index is 11.6. The minimum atomic E-state index is -0.412. The fraction of sp³-hybridized carbons (Fsp3) is 0.462.